The van der Waals surface area contributed by atoms with E-state index in [2.05, 4.69) is 27.2 Å². The van der Waals surface area contributed by atoms with E-state index in [-0.39, 0.29) is 0 Å². The normalized spacial score (nSPS) is 16.2. The molecule has 1 aliphatic rings. The number of hydrogen-bond donors (Lipinski definition) is 2. The summed E-state index contributed by atoms with van der Waals surface area (Å²) in [5.74, 6) is 7.87. The Kier molecular flexibility index (Phi) is 4.55. The second-order valence-electron chi connectivity index (χ2n) is 5.08. The summed E-state index contributed by atoms with van der Waals surface area (Å²) in [5.41, 5.74) is 3.60. The topological polar surface area (TPSA) is 76.3 Å². The molecule has 1 saturated carbocycles. The minimum absolute atomic E-state index is 0.467. The molecule has 0 aliphatic heterocycles. The highest BCUT2D eigenvalue weighted by atomic mass is 16.5. The van der Waals surface area contributed by atoms with Gasteiger partial charge in [-0.3, -0.25) is 0 Å². The van der Waals surface area contributed by atoms with Crippen LogP contribution in [0.5, 0.6) is 0 Å². The fraction of sp³-hybridized carbons (Fsp3) is 0.692. The van der Waals surface area contributed by atoms with Crippen LogP contribution in [0.25, 0.3) is 0 Å². The van der Waals surface area contributed by atoms with Crippen LogP contribution in [0.4, 0.5) is 11.6 Å². The van der Waals surface area contributed by atoms with Gasteiger partial charge in [0.25, 0.3) is 0 Å². The van der Waals surface area contributed by atoms with Gasteiger partial charge in [0.15, 0.2) is 0 Å². The molecule has 0 bridgehead atoms. The largest absolute Gasteiger partial charge is 0.383 e. The van der Waals surface area contributed by atoms with E-state index in [1.54, 1.807) is 13.4 Å². The predicted octanol–water partition coefficient (Wildman–Crippen LogP) is 1.32. The minimum atomic E-state index is 0.467. The van der Waals surface area contributed by atoms with Crippen LogP contribution in [0.2, 0.25) is 0 Å². The summed E-state index contributed by atoms with van der Waals surface area (Å²) in [7, 11) is 1.72. The molecule has 19 heavy (non-hydrogen) atoms. The molecule has 2 rings (SSSR count). The Morgan fingerprint density at radius 3 is 2.84 bits per heavy atom. The number of methoxy groups -OCH3 is 1. The lowest BCUT2D eigenvalue weighted by atomic mass is 10.1. The number of hydrazine groups is 1. The molecule has 1 heterocycles. The van der Waals surface area contributed by atoms with E-state index in [1.807, 2.05) is 6.92 Å². The Morgan fingerprint density at radius 2 is 2.26 bits per heavy atom. The van der Waals surface area contributed by atoms with Crippen molar-refractivity contribution >= 4 is 11.6 Å². The molecule has 1 atom stereocenters. The number of nitrogens with one attached hydrogen (secondary N) is 1. The highest BCUT2D eigenvalue weighted by Crippen LogP contribution is 2.37. The molecule has 0 saturated heterocycles. The molecule has 6 heteroatoms. The van der Waals surface area contributed by atoms with Gasteiger partial charge in [0, 0.05) is 25.3 Å². The van der Waals surface area contributed by atoms with Gasteiger partial charge in [-0.15, -0.1) is 0 Å². The van der Waals surface area contributed by atoms with Crippen molar-refractivity contribution in [3.8, 4) is 0 Å². The fourth-order valence-electron chi connectivity index (χ4n) is 2.40. The molecule has 3 N–H and O–H groups in total. The lowest BCUT2D eigenvalue weighted by Gasteiger charge is -2.31. The van der Waals surface area contributed by atoms with Gasteiger partial charge >= 0.3 is 0 Å². The van der Waals surface area contributed by atoms with Crippen LogP contribution in [-0.2, 0) is 4.74 Å². The molecular formula is C13H23N5O. The molecule has 1 aromatic rings. The number of nitrogens with zero attached hydrogens (tertiary/aromatic N) is 3. The molecule has 0 amide bonds. The Morgan fingerprint density at radius 1 is 1.53 bits per heavy atom. The second kappa shape index (κ2) is 6.16. The maximum absolute atomic E-state index is 5.48. The molecule has 1 unspecified atom stereocenters. The summed E-state index contributed by atoms with van der Waals surface area (Å²) in [6, 6.07) is 0.467. The number of anilines is 2. The first kappa shape index (κ1) is 14.0. The third-order valence-corrected chi connectivity index (χ3v) is 3.80. The summed E-state index contributed by atoms with van der Waals surface area (Å²) in [4.78, 5) is 10.9. The average Bonchev–Trinajstić information content (AvgIpc) is 3.25. The number of aromatic nitrogens is 2. The standard InChI is InChI=1S/C13H23N5O/c1-9-12(17-14)15-8-16-13(9)18(6-7-19-3)10(2)11-4-5-11/h8,10-11H,4-7,14H2,1-3H3,(H,15,16,17). The zero-order chi connectivity index (χ0) is 13.8. The van der Waals surface area contributed by atoms with Gasteiger partial charge in [-0.05, 0) is 32.6 Å². The van der Waals surface area contributed by atoms with Crippen LogP contribution in [0.3, 0.4) is 0 Å². The lowest BCUT2D eigenvalue weighted by molar-refractivity contribution is 0.202. The number of ether oxygens (including phenoxy) is 1. The smallest absolute Gasteiger partial charge is 0.148 e. The van der Waals surface area contributed by atoms with Crippen LogP contribution in [-0.4, -0.2) is 36.3 Å². The second-order valence-corrected chi connectivity index (χ2v) is 5.08. The van der Waals surface area contributed by atoms with Gasteiger partial charge in [-0.1, -0.05) is 0 Å². The molecule has 0 aromatic carbocycles. The fourth-order valence-corrected chi connectivity index (χ4v) is 2.40. The summed E-state index contributed by atoms with van der Waals surface area (Å²) < 4.78 is 5.22. The van der Waals surface area contributed by atoms with Gasteiger partial charge in [0.2, 0.25) is 0 Å². The molecule has 0 spiro atoms. The average molecular weight is 265 g/mol. The maximum atomic E-state index is 5.48. The number of nitrogens with two attached hydrogens (primary N) is 1. The Bertz CT molecular complexity index is 421. The Labute approximate surface area is 114 Å². The van der Waals surface area contributed by atoms with Crippen molar-refractivity contribution in [2.24, 2.45) is 11.8 Å². The van der Waals surface area contributed by atoms with Crippen LogP contribution < -0.4 is 16.2 Å². The zero-order valence-electron chi connectivity index (χ0n) is 11.9. The van der Waals surface area contributed by atoms with Gasteiger partial charge in [0.05, 0.1) is 6.61 Å². The third kappa shape index (κ3) is 3.13. The Balaban J connectivity index is 2.25. The van der Waals surface area contributed by atoms with E-state index in [4.69, 9.17) is 10.6 Å². The van der Waals surface area contributed by atoms with Crippen molar-refractivity contribution in [2.45, 2.75) is 32.7 Å². The van der Waals surface area contributed by atoms with E-state index in [0.29, 0.717) is 18.5 Å². The van der Waals surface area contributed by atoms with E-state index in [9.17, 15) is 0 Å². The highest BCUT2D eigenvalue weighted by molar-refractivity contribution is 5.58. The molecule has 1 fully saturated rings. The highest BCUT2D eigenvalue weighted by Gasteiger charge is 2.33. The van der Waals surface area contributed by atoms with Crippen LogP contribution >= 0.6 is 0 Å². The van der Waals surface area contributed by atoms with Crippen molar-refractivity contribution in [2.75, 3.05) is 30.6 Å². The van der Waals surface area contributed by atoms with Crippen LogP contribution in [0.1, 0.15) is 25.3 Å². The summed E-state index contributed by atoms with van der Waals surface area (Å²) in [5, 5.41) is 0. The monoisotopic (exact) mass is 265 g/mol. The summed E-state index contributed by atoms with van der Waals surface area (Å²) >= 11 is 0. The third-order valence-electron chi connectivity index (χ3n) is 3.80. The molecular weight excluding hydrogens is 242 g/mol. The minimum Gasteiger partial charge on any atom is -0.383 e. The van der Waals surface area contributed by atoms with Gasteiger partial charge < -0.3 is 15.1 Å². The van der Waals surface area contributed by atoms with Crippen LogP contribution in [0.15, 0.2) is 6.33 Å². The first-order valence-electron chi connectivity index (χ1n) is 6.72. The predicted molar refractivity (Wildman–Crippen MR) is 76.0 cm³/mol. The van der Waals surface area contributed by atoms with Crippen molar-refractivity contribution in [3.05, 3.63) is 11.9 Å². The van der Waals surface area contributed by atoms with Crippen molar-refractivity contribution < 1.29 is 4.74 Å². The molecule has 1 aromatic heterocycles. The lowest BCUT2D eigenvalue weighted by Crippen LogP contribution is -2.38. The van der Waals surface area contributed by atoms with Crippen molar-refractivity contribution in [1.82, 2.24) is 9.97 Å². The van der Waals surface area contributed by atoms with E-state index >= 15 is 0 Å². The summed E-state index contributed by atoms with van der Waals surface area (Å²) in [6.07, 6.45) is 4.16. The molecule has 106 valence electrons. The van der Waals surface area contributed by atoms with Gasteiger partial charge in [0.1, 0.15) is 18.0 Å². The molecule has 0 radical (unpaired) electrons. The zero-order valence-corrected chi connectivity index (χ0v) is 11.9. The quantitative estimate of drug-likeness (QED) is 0.572. The number of hydrogen-bond acceptors (Lipinski definition) is 6. The van der Waals surface area contributed by atoms with Crippen molar-refractivity contribution in [1.29, 1.82) is 0 Å². The Hall–Kier alpha value is -1.40. The van der Waals surface area contributed by atoms with E-state index in [1.165, 1.54) is 12.8 Å². The number of rotatable bonds is 7. The summed E-state index contributed by atoms with van der Waals surface area (Å²) in [6.45, 7) is 5.76. The first-order chi connectivity index (χ1) is 9.19. The van der Waals surface area contributed by atoms with E-state index < -0.39 is 0 Å². The molecule has 6 nitrogen and oxygen atoms in total. The molecule has 1 aliphatic carbocycles. The first-order valence-corrected chi connectivity index (χ1v) is 6.72. The maximum Gasteiger partial charge on any atom is 0.148 e. The van der Waals surface area contributed by atoms with E-state index in [0.717, 1.165) is 23.8 Å². The van der Waals surface area contributed by atoms with Gasteiger partial charge in [-0.2, -0.15) is 0 Å². The van der Waals surface area contributed by atoms with Crippen molar-refractivity contribution in [3.63, 3.8) is 0 Å². The number of nitrogen functional groups attached to an aromatic ring is 1. The SMILES string of the molecule is COCCN(c1ncnc(NN)c1C)C(C)C1CC1. The van der Waals surface area contributed by atoms with Gasteiger partial charge in [-0.25, -0.2) is 15.8 Å². The van der Waals surface area contributed by atoms with Crippen LogP contribution in [0, 0.1) is 12.8 Å².